The topological polar surface area (TPSA) is 121 Å². The van der Waals surface area contributed by atoms with Gasteiger partial charge in [-0.3, -0.25) is 4.79 Å². The number of pyridine rings is 1. The molecule has 2 aliphatic rings. The van der Waals surface area contributed by atoms with Gasteiger partial charge >= 0.3 is 6.09 Å². The molecule has 1 N–H and O–H groups in total. The molecule has 1 aliphatic carbocycles. The Balaban J connectivity index is 1.22. The van der Waals surface area contributed by atoms with Gasteiger partial charge in [0.2, 0.25) is 0 Å². The molecule has 1 aliphatic heterocycles. The van der Waals surface area contributed by atoms with E-state index in [1.807, 2.05) is 28.3 Å². The van der Waals surface area contributed by atoms with Crippen molar-refractivity contribution in [2.24, 2.45) is 13.0 Å². The minimum atomic E-state index is -2.77. The molecule has 252 valence electrons. The number of hydrogen-bond donors (Lipinski definition) is 1. The molecule has 1 atom stereocenters. The molecule has 0 unspecified atom stereocenters. The molecular weight excluding hydrogens is 615 g/mol. The van der Waals surface area contributed by atoms with E-state index in [1.54, 1.807) is 39.0 Å². The number of ether oxygens (including phenoxy) is 2. The van der Waals surface area contributed by atoms with Gasteiger partial charge in [0, 0.05) is 50.9 Å². The molecule has 1 saturated carbocycles. The van der Waals surface area contributed by atoms with Gasteiger partial charge in [-0.25, -0.2) is 24.1 Å². The second-order valence-corrected chi connectivity index (χ2v) is 13.4. The minimum Gasteiger partial charge on any atom is -0.490 e. The van der Waals surface area contributed by atoms with Gasteiger partial charge in [0.05, 0.1) is 46.8 Å². The maximum Gasteiger partial charge on any atom is 0.408 e. The Labute approximate surface area is 283 Å². The minimum absolute atomic E-state index is 0.0347. The first kappa shape index (κ1) is 27.1. The third-order valence-corrected chi connectivity index (χ3v) is 8.50. The third kappa shape index (κ3) is 6.45. The highest BCUT2D eigenvalue weighted by molar-refractivity contribution is 5.99. The Morgan fingerprint density at radius 2 is 2.06 bits per heavy atom. The number of nitrogens with one attached hydrogen (secondary N) is 1. The zero-order valence-electron chi connectivity index (χ0n) is 31.4. The molecule has 12 nitrogen and oxygen atoms in total. The monoisotopic (exact) mass is 660 g/mol. The van der Waals surface area contributed by atoms with E-state index < -0.39 is 37.5 Å². The summed E-state index contributed by atoms with van der Waals surface area (Å²) in [5.74, 6) is 0.830. The summed E-state index contributed by atoms with van der Waals surface area (Å²) < 4.78 is 64.5. The lowest BCUT2D eigenvalue weighted by atomic mass is 10.0. The number of alkyl halides is 1. The van der Waals surface area contributed by atoms with Crippen molar-refractivity contribution in [3.63, 3.8) is 0 Å². The molecule has 7 rings (SSSR count). The number of rotatable bonds is 11. The molecule has 0 radical (unpaired) electrons. The number of aromatic nitrogens is 6. The SMILES string of the molecule is [2H]C([2H])(Oc1cccc2cc(-c3nc4cc5c(nc4n3C)CCN(C[C@@H](CF)NC(=O)OC(C)(C)C)C5=O)n(CC3CC3)c12)C([2H])([2H])n1ccnc1. The summed E-state index contributed by atoms with van der Waals surface area (Å²) in [6.45, 7) is -0.193. The molecule has 1 fully saturated rings. The number of halogens is 1. The lowest BCUT2D eigenvalue weighted by molar-refractivity contribution is 0.0465. The zero-order chi connectivity index (χ0) is 37.2. The van der Waals surface area contributed by atoms with Gasteiger partial charge in [-0.05, 0) is 57.7 Å². The van der Waals surface area contributed by atoms with Crippen LogP contribution >= 0.6 is 0 Å². The number of fused-ring (bicyclic) bond motifs is 3. The fourth-order valence-corrected chi connectivity index (χ4v) is 6.08. The average Bonchev–Trinajstić information content (AvgIpc) is 3.42. The van der Waals surface area contributed by atoms with Crippen molar-refractivity contribution in [1.82, 2.24) is 38.9 Å². The highest BCUT2D eigenvalue weighted by atomic mass is 19.1. The van der Waals surface area contributed by atoms with Crippen LogP contribution in [0.3, 0.4) is 0 Å². The normalized spacial score (nSPS) is 17.4. The van der Waals surface area contributed by atoms with E-state index in [4.69, 9.17) is 24.9 Å². The fourth-order valence-electron chi connectivity index (χ4n) is 6.08. The summed E-state index contributed by atoms with van der Waals surface area (Å²) in [5, 5.41) is 3.29. The highest BCUT2D eigenvalue weighted by Crippen LogP contribution is 2.39. The van der Waals surface area contributed by atoms with Crippen LogP contribution in [0, 0.1) is 5.92 Å². The predicted molar refractivity (Wildman–Crippen MR) is 179 cm³/mol. The number of imidazole rings is 2. The molecule has 5 aromatic rings. The van der Waals surface area contributed by atoms with Crippen LogP contribution in [0.4, 0.5) is 9.18 Å². The van der Waals surface area contributed by atoms with Crippen molar-refractivity contribution in [3.8, 4) is 17.3 Å². The van der Waals surface area contributed by atoms with Gasteiger partial charge in [-0.1, -0.05) is 12.1 Å². The van der Waals surface area contributed by atoms with Gasteiger partial charge in [0.15, 0.2) is 11.5 Å². The quantitative estimate of drug-likeness (QED) is 0.208. The maximum atomic E-state index is 14.0. The molecule has 5 heterocycles. The molecule has 13 heteroatoms. The molecule has 4 aromatic heterocycles. The number of aryl methyl sites for hydroxylation is 2. The molecule has 2 amide bonds. The van der Waals surface area contributed by atoms with E-state index in [0.29, 0.717) is 59.2 Å². The van der Waals surface area contributed by atoms with E-state index >= 15 is 0 Å². The molecular formula is C35H41FN8O4. The predicted octanol–water partition coefficient (Wildman–Crippen LogP) is 5.14. The molecule has 0 saturated heterocycles. The van der Waals surface area contributed by atoms with Crippen LogP contribution in [0.2, 0.25) is 0 Å². The fraction of sp³-hybridized carbons (Fsp3) is 0.457. The third-order valence-electron chi connectivity index (χ3n) is 8.50. The number of amides is 2. The largest absolute Gasteiger partial charge is 0.490 e. The summed E-state index contributed by atoms with van der Waals surface area (Å²) in [4.78, 5) is 41.2. The van der Waals surface area contributed by atoms with Crippen molar-refractivity contribution in [2.75, 3.05) is 26.3 Å². The van der Waals surface area contributed by atoms with Crippen molar-refractivity contribution in [1.29, 1.82) is 0 Å². The number of carbonyl (C=O) groups excluding carboxylic acids is 2. The number of nitrogens with zero attached hydrogens (tertiary/aromatic N) is 7. The van der Waals surface area contributed by atoms with E-state index in [9.17, 15) is 14.0 Å². The first-order valence-corrected chi connectivity index (χ1v) is 16.1. The Morgan fingerprint density at radius 1 is 1.23 bits per heavy atom. The molecule has 0 spiro atoms. The van der Waals surface area contributed by atoms with Gasteiger partial charge in [0.1, 0.15) is 30.1 Å². The van der Waals surface area contributed by atoms with Crippen LogP contribution < -0.4 is 10.1 Å². The summed E-state index contributed by atoms with van der Waals surface area (Å²) in [6, 6.07) is 7.98. The average molecular weight is 661 g/mol. The van der Waals surface area contributed by atoms with Gasteiger partial charge in [-0.15, -0.1) is 0 Å². The van der Waals surface area contributed by atoms with Gasteiger partial charge in [-0.2, -0.15) is 0 Å². The van der Waals surface area contributed by atoms with E-state index in [2.05, 4.69) is 10.3 Å². The second kappa shape index (κ2) is 12.6. The number of benzene rings is 1. The Bertz CT molecular complexity index is 2160. The summed E-state index contributed by atoms with van der Waals surface area (Å²) in [5.41, 5.74) is 2.63. The molecule has 0 bridgehead atoms. The number of alkyl carbamates (subject to hydrolysis) is 1. The summed E-state index contributed by atoms with van der Waals surface area (Å²) in [7, 11) is 1.85. The van der Waals surface area contributed by atoms with Crippen molar-refractivity contribution in [2.45, 2.75) is 64.7 Å². The highest BCUT2D eigenvalue weighted by Gasteiger charge is 2.31. The first-order valence-electron chi connectivity index (χ1n) is 18.1. The van der Waals surface area contributed by atoms with Crippen LogP contribution in [0.5, 0.6) is 5.75 Å². The van der Waals surface area contributed by atoms with Crippen LogP contribution in [0.25, 0.3) is 33.6 Å². The zero-order valence-corrected chi connectivity index (χ0v) is 27.4. The lowest BCUT2D eigenvalue weighted by Crippen LogP contribution is -2.50. The van der Waals surface area contributed by atoms with Crippen molar-refractivity contribution < 1.29 is 28.9 Å². The van der Waals surface area contributed by atoms with Crippen LogP contribution in [-0.2, 0) is 31.2 Å². The molecule has 48 heavy (non-hydrogen) atoms. The van der Waals surface area contributed by atoms with Crippen molar-refractivity contribution >= 4 is 34.1 Å². The number of para-hydroxylation sites is 1. The smallest absolute Gasteiger partial charge is 0.408 e. The Morgan fingerprint density at radius 3 is 2.79 bits per heavy atom. The molecule has 1 aromatic carbocycles. The van der Waals surface area contributed by atoms with Crippen LogP contribution in [0.1, 0.15) is 55.1 Å². The van der Waals surface area contributed by atoms with E-state index in [0.717, 1.165) is 28.5 Å². The van der Waals surface area contributed by atoms with Crippen LogP contribution in [-0.4, -0.2) is 83.5 Å². The van der Waals surface area contributed by atoms with Crippen LogP contribution in [0.15, 0.2) is 49.1 Å². The maximum absolute atomic E-state index is 14.0. The van der Waals surface area contributed by atoms with Crippen molar-refractivity contribution in [3.05, 3.63) is 60.3 Å². The lowest BCUT2D eigenvalue weighted by Gasteiger charge is -2.31. The van der Waals surface area contributed by atoms with E-state index in [-0.39, 0.29) is 18.2 Å². The first-order chi connectivity index (χ1) is 24.6. The summed E-state index contributed by atoms with van der Waals surface area (Å²) in [6.07, 6.45) is 5.70. The number of carbonyl (C=O) groups is 2. The summed E-state index contributed by atoms with van der Waals surface area (Å²) >= 11 is 0. The second-order valence-electron chi connectivity index (χ2n) is 13.4. The Kier molecular flexibility index (Phi) is 7.09. The Hall–Kier alpha value is -4.94. The van der Waals surface area contributed by atoms with Gasteiger partial charge in [0.25, 0.3) is 5.91 Å². The number of hydrogen-bond acceptors (Lipinski definition) is 7. The standard InChI is InChI=1S/C35H41FN8O4/c1-35(2,3)48-34(46)38-24(18-36)20-43-12-10-26-25(33(43)45)17-27-31(39-26)41(4)32(40-27)28-16-23-6-5-7-29(30(23)44(28)19-22-8-9-22)47-15-14-42-13-11-37-21-42/h5-7,11,13,16-17,21-22,24H,8-10,12,14-15,18-20H2,1-4H3,(H,38,46)/t24-/m1/s1/i14D2,15D2. The van der Waals surface area contributed by atoms with E-state index in [1.165, 1.54) is 23.6 Å². The van der Waals surface area contributed by atoms with Gasteiger partial charge < -0.3 is 33.4 Å².